The maximum atomic E-state index is 11.9. The second kappa shape index (κ2) is 6.23. The van der Waals surface area contributed by atoms with E-state index < -0.39 is 0 Å². The van der Waals surface area contributed by atoms with Crippen molar-refractivity contribution < 1.29 is 4.79 Å². The summed E-state index contributed by atoms with van der Waals surface area (Å²) in [5.74, 6) is 0.785. The van der Waals surface area contributed by atoms with Crippen molar-refractivity contribution in [3.63, 3.8) is 0 Å². The smallest absolute Gasteiger partial charge is 0.253 e. The van der Waals surface area contributed by atoms with Crippen molar-refractivity contribution in [1.82, 2.24) is 14.3 Å². The number of carbonyl (C=O) groups is 1. The summed E-state index contributed by atoms with van der Waals surface area (Å²) in [6.45, 7) is 2.02. The molecule has 5 nitrogen and oxygen atoms in total. The van der Waals surface area contributed by atoms with Gasteiger partial charge in [-0.1, -0.05) is 18.7 Å². The van der Waals surface area contributed by atoms with Gasteiger partial charge in [-0.3, -0.25) is 4.79 Å². The Balaban J connectivity index is 2.19. The van der Waals surface area contributed by atoms with Crippen molar-refractivity contribution in [2.75, 3.05) is 19.8 Å². The number of benzene rings is 1. The van der Waals surface area contributed by atoms with Crippen LogP contribution < -0.4 is 5.73 Å². The molecule has 7 heteroatoms. The molecule has 106 valence electrons. The van der Waals surface area contributed by atoms with Gasteiger partial charge in [0.25, 0.3) is 5.91 Å². The zero-order valence-corrected chi connectivity index (χ0v) is 13.2. The fourth-order valence-electron chi connectivity index (χ4n) is 1.55. The minimum atomic E-state index is -0.0579. The van der Waals surface area contributed by atoms with Gasteiger partial charge in [-0.25, -0.2) is 4.98 Å². The Labute approximate surface area is 126 Å². The highest BCUT2D eigenvalue weighted by molar-refractivity contribution is 8.01. The lowest BCUT2D eigenvalue weighted by Crippen LogP contribution is -2.21. The number of anilines is 1. The van der Waals surface area contributed by atoms with Crippen molar-refractivity contribution in [3.8, 4) is 0 Å². The maximum Gasteiger partial charge on any atom is 0.253 e. The largest absolute Gasteiger partial charge is 0.398 e. The molecule has 0 saturated heterocycles. The van der Waals surface area contributed by atoms with Gasteiger partial charge in [-0.2, -0.15) is 4.37 Å². The predicted octanol–water partition coefficient (Wildman–Crippen LogP) is 2.54. The van der Waals surface area contributed by atoms with Crippen molar-refractivity contribution in [3.05, 3.63) is 29.6 Å². The van der Waals surface area contributed by atoms with E-state index in [9.17, 15) is 4.79 Å². The summed E-state index contributed by atoms with van der Waals surface area (Å²) in [5, 5.41) is 0. The predicted molar refractivity (Wildman–Crippen MR) is 82.3 cm³/mol. The normalized spacial score (nSPS) is 10.6. The minimum absolute atomic E-state index is 0.0579. The number of hydrogen-bond donors (Lipinski definition) is 1. The van der Waals surface area contributed by atoms with Gasteiger partial charge in [0.15, 0.2) is 4.34 Å². The number of rotatable bonds is 4. The molecule has 2 N–H and O–H groups in total. The number of nitrogens with zero attached hydrogens (tertiary/aromatic N) is 3. The van der Waals surface area contributed by atoms with Gasteiger partial charge in [0.2, 0.25) is 0 Å². The molecule has 2 rings (SSSR count). The van der Waals surface area contributed by atoms with Crippen LogP contribution in [0.3, 0.4) is 0 Å². The number of nitrogens with two attached hydrogens (primary N) is 1. The molecule has 0 aliphatic carbocycles. The lowest BCUT2D eigenvalue weighted by molar-refractivity contribution is 0.0827. The summed E-state index contributed by atoms with van der Waals surface area (Å²) in [6.07, 6.45) is 0.822. The molecule has 1 heterocycles. The number of nitrogen functional groups attached to an aromatic ring is 1. The summed E-state index contributed by atoms with van der Waals surface area (Å²) in [7, 11) is 3.43. The third-order valence-electron chi connectivity index (χ3n) is 2.63. The van der Waals surface area contributed by atoms with Crippen LogP contribution in [0.1, 0.15) is 23.1 Å². The van der Waals surface area contributed by atoms with E-state index in [1.807, 2.05) is 13.0 Å². The van der Waals surface area contributed by atoms with Crippen molar-refractivity contribution in [2.45, 2.75) is 22.6 Å². The first-order chi connectivity index (χ1) is 9.51. The van der Waals surface area contributed by atoms with E-state index in [4.69, 9.17) is 5.73 Å². The molecule has 0 bridgehead atoms. The molecular formula is C13H16N4OS2. The second-order valence-corrected chi connectivity index (χ2v) is 6.43. The summed E-state index contributed by atoms with van der Waals surface area (Å²) in [4.78, 5) is 18.7. The Hall–Kier alpha value is -1.60. The molecule has 0 spiro atoms. The maximum absolute atomic E-state index is 11.9. The second-order valence-electron chi connectivity index (χ2n) is 4.38. The Kier molecular flexibility index (Phi) is 4.61. The lowest BCUT2D eigenvalue weighted by Gasteiger charge is -2.11. The van der Waals surface area contributed by atoms with Crippen molar-refractivity contribution in [1.29, 1.82) is 0 Å². The van der Waals surface area contributed by atoms with Crippen LogP contribution in [0.2, 0.25) is 0 Å². The van der Waals surface area contributed by atoms with Gasteiger partial charge in [0.1, 0.15) is 5.82 Å². The topological polar surface area (TPSA) is 72.1 Å². The Morgan fingerprint density at radius 1 is 1.45 bits per heavy atom. The third kappa shape index (κ3) is 3.29. The summed E-state index contributed by atoms with van der Waals surface area (Å²) >= 11 is 2.84. The van der Waals surface area contributed by atoms with Crippen LogP contribution in [-0.4, -0.2) is 34.3 Å². The van der Waals surface area contributed by atoms with E-state index in [0.717, 1.165) is 21.5 Å². The van der Waals surface area contributed by atoms with E-state index in [1.165, 1.54) is 28.2 Å². The van der Waals surface area contributed by atoms with Gasteiger partial charge in [0, 0.05) is 36.7 Å². The molecule has 2 aromatic rings. The van der Waals surface area contributed by atoms with E-state index in [2.05, 4.69) is 9.36 Å². The minimum Gasteiger partial charge on any atom is -0.398 e. The number of hydrogen-bond acceptors (Lipinski definition) is 6. The van der Waals surface area contributed by atoms with Crippen LogP contribution in [0.25, 0.3) is 0 Å². The molecule has 0 aliphatic rings. The molecule has 1 aromatic heterocycles. The molecule has 1 amide bonds. The summed E-state index contributed by atoms with van der Waals surface area (Å²) < 4.78 is 5.10. The summed E-state index contributed by atoms with van der Waals surface area (Å²) in [5.41, 5.74) is 7.18. The van der Waals surface area contributed by atoms with Gasteiger partial charge in [0.05, 0.1) is 0 Å². The number of amides is 1. The average Bonchev–Trinajstić information content (AvgIpc) is 2.88. The molecule has 0 unspecified atom stereocenters. The quantitative estimate of drug-likeness (QED) is 0.879. The zero-order chi connectivity index (χ0) is 14.7. The van der Waals surface area contributed by atoms with E-state index in [-0.39, 0.29) is 5.91 Å². The molecule has 20 heavy (non-hydrogen) atoms. The van der Waals surface area contributed by atoms with Crippen LogP contribution in [0.5, 0.6) is 0 Å². The van der Waals surface area contributed by atoms with Crippen LogP contribution >= 0.6 is 23.3 Å². The van der Waals surface area contributed by atoms with Crippen LogP contribution in [0.4, 0.5) is 5.69 Å². The van der Waals surface area contributed by atoms with Gasteiger partial charge in [-0.05, 0) is 29.7 Å². The highest BCUT2D eigenvalue weighted by atomic mass is 32.2. The number of aromatic nitrogens is 2. The van der Waals surface area contributed by atoms with Gasteiger partial charge in [-0.15, -0.1) is 0 Å². The Morgan fingerprint density at radius 2 is 2.20 bits per heavy atom. The standard InChI is InChI=1S/C13H16N4OS2/c1-4-11-15-13(20-16-11)19-10-6-5-8(7-9(10)14)12(18)17(2)3/h5-7H,4,14H2,1-3H3. The SMILES string of the molecule is CCc1nsc(Sc2ccc(C(=O)N(C)C)cc2N)n1. The fourth-order valence-corrected chi connectivity index (χ4v) is 3.23. The first kappa shape index (κ1) is 14.8. The highest BCUT2D eigenvalue weighted by Gasteiger charge is 2.12. The van der Waals surface area contributed by atoms with Crippen LogP contribution in [0.15, 0.2) is 27.4 Å². The first-order valence-electron chi connectivity index (χ1n) is 6.13. The highest BCUT2D eigenvalue weighted by Crippen LogP contribution is 2.33. The lowest BCUT2D eigenvalue weighted by atomic mass is 10.2. The average molecular weight is 308 g/mol. The molecule has 1 aromatic carbocycles. The van der Waals surface area contributed by atoms with Gasteiger partial charge >= 0.3 is 0 Å². The van der Waals surface area contributed by atoms with E-state index in [1.54, 1.807) is 26.2 Å². The van der Waals surface area contributed by atoms with E-state index in [0.29, 0.717) is 11.3 Å². The summed E-state index contributed by atoms with van der Waals surface area (Å²) in [6, 6.07) is 5.33. The van der Waals surface area contributed by atoms with Crippen LogP contribution in [0, 0.1) is 0 Å². The Bertz CT molecular complexity index is 625. The van der Waals surface area contributed by atoms with Crippen molar-refractivity contribution in [2.24, 2.45) is 0 Å². The van der Waals surface area contributed by atoms with Crippen molar-refractivity contribution >= 4 is 34.9 Å². The Morgan fingerprint density at radius 3 is 2.75 bits per heavy atom. The molecular weight excluding hydrogens is 292 g/mol. The first-order valence-corrected chi connectivity index (χ1v) is 7.72. The van der Waals surface area contributed by atoms with Gasteiger partial charge < -0.3 is 10.6 Å². The zero-order valence-electron chi connectivity index (χ0n) is 11.6. The number of aryl methyl sites for hydroxylation is 1. The molecule has 0 radical (unpaired) electrons. The van der Waals surface area contributed by atoms with Crippen LogP contribution in [-0.2, 0) is 6.42 Å². The molecule has 0 aliphatic heterocycles. The third-order valence-corrected chi connectivity index (χ3v) is 4.51. The fraction of sp³-hybridized carbons (Fsp3) is 0.308. The number of carbonyl (C=O) groups excluding carboxylic acids is 1. The monoisotopic (exact) mass is 308 g/mol. The molecule has 0 fully saturated rings. The molecule has 0 saturated carbocycles. The van der Waals surface area contributed by atoms with E-state index >= 15 is 0 Å². The molecule has 0 atom stereocenters.